The Morgan fingerprint density at radius 2 is 1.09 bits per heavy atom. The highest BCUT2D eigenvalue weighted by molar-refractivity contribution is 6.34. The standard InChI is InChI=1S/C28H27ClFN5O3.C15H12ClN3O3.C13H17FN2O/c1-18(36)33-26-11-25(29)24(27-12-31-8-9-32-27)10-20(26)4-7-28(37)35-22-14-34(15-23(35)17-38-16-22)13-19-2-5-21(30)6-3-19;1-9(20)19-13-7-12(16)11(14-8-17-4-5-18-14)6-10(13)2-3-15(21)22;14-11-3-1-10(2-4-11)5-16-6-12-8-17-9-13(7-16)15-12/h2-12,22-23H,13-17H2,1H3,(H,33,36);2-8H,1H3,(H,19,20)(H,21,22);1-4,12-13,15H,5-9H2/b7-4+;3-2+;. The van der Waals surface area contributed by atoms with Crippen LogP contribution in [-0.4, -0.2) is 140 Å². The van der Waals surface area contributed by atoms with Crippen LogP contribution in [0.25, 0.3) is 34.7 Å². The predicted molar refractivity (Wildman–Crippen MR) is 289 cm³/mol. The lowest BCUT2D eigenvalue weighted by atomic mass is 10.0. The van der Waals surface area contributed by atoms with Crippen LogP contribution in [0.1, 0.15) is 36.1 Å². The third-order valence-electron chi connectivity index (χ3n) is 12.7. The Morgan fingerprint density at radius 3 is 1.52 bits per heavy atom. The summed E-state index contributed by atoms with van der Waals surface area (Å²) in [5, 5.41) is 18.5. The molecule has 4 fully saturated rings. The Kier molecular flexibility index (Phi) is 19.3. The Labute approximate surface area is 453 Å². The van der Waals surface area contributed by atoms with Crippen LogP contribution in [0.15, 0.2) is 122 Å². The lowest BCUT2D eigenvalue weighted by Gasteiger charge is -2.49. The number of aliphatic carboxylic acids is 1. The highest BCUT2D eigenvalue weighted by Crippen LogP contribution is 2.35. The summed E-state index contributed by atoms with van der Waals surface area (Å²) in [6, 6.07) is 20.6. The van der Waals surface area contributed by atoms with Gasteiger partial charge in [0.05, 0.1) is 72.3 Å². The number of anilines is 2. The first-order chi connectivity index (χ1) is 37.1. The van der Waals surface area contributed by atoms with Crippen LogP contribution in [0.2, 0.25) is 10.0 Å². The zero-order valence-corrected chi connectivity index (χ0v) is 43.6. The van der Waals surface area contributed by atoms with Crippen LogP contribution in [0.4, 0.5) is 20.2 Å². The number of amides is 3. The average molecular weight is 1090 g/mol. The summed E-state index contributed by atoms with van der Waals surface area (Å²) in [5.41, 5.74) is 6.59. The van der Waals surface area contributed by atoms with E-state index in [9.17, 15) is 28.0 Å². The number of benzene rings is 4. The largest absolute Gasteiger partial charge is 0.478 e. The fourth-order valence-electron chi connectivity index (χ4n) is 9.48. The van der Waals surface area contributed by atoms with Crippen molar-refractivity contribution in [3.8, 4) is 22.5 Å². The maximum absolute atomic E-state index is 13.4. The number of fused-ring (bicyclic) bond motifs is 4. The molecule has 17 nitrogen and oxygen atoms in total. The molecule has 6 aromatic rings. The average Bonchev–Trinajstić information content (AvgIpc) is 3.40. The third-order valence-corrected chi connectivity index (χ3v) is 13.3. The molecular formula is C56H56Cl2F2N10O7. The van der Waals surface area contributed by atoms with Crippen molar-refractivity contribution in [1.82, 2.24) is 40.0 Å². The van der Waals surface area contributed by atoms with Gasteiger partial charge in [-0.15, -0.1) is 0 Å². The molecule has 0 spiro atoms. The molecule has 4 aliphatic heterocycles. The number of rotatable bonds is 12. The van der Waals surface area contributed by atoms with Crippen molar-refractivity contribution in [2.75, 3.05) is 63.2 Å². The van der Waals surface area contributed by atoms with E-state index in [0.717, 1.165) is 44.5 Å². The van der Waals surface area contributed by atoms with Crippen LogP contribution in [0, 0.1) is 11.6 Å². The molecule has 4 aromatic carbocycles. The van der Waals surface area contributed by atoms with Crippen molar-refractivity contribution in [1.29, 1.82) is 0 Å². The molecule has 2 aromatic heterocycles. The third kappa shape index (κ3) is 15.9. The molecule has 4 N–H and O–H groups in total. The lowest BCUT2D eigenvalue weighted by Crippen LogP contribution is -2.65. The second kappa shape index (κ2) is 26.6. The first-order valence-electron chi connectivity index (χ1n) is 24.7. The first kappa shape index (κ1) is 55.9. The van der Waals surface area contributed by atoms with E-state index in [-0.39, 0.29) is 41.4 Å². The van der Waals surface area contributed by atoms with Crippen molar-refractivity contribution < 1.29 is 42.5 Å². The van der Waals surface area contributed by atoms with Gasteiger partial charge in [-0.25, -0.2) is 13.6 Å². The van der Waals surface area contributed by atoms with E-state index < -0.39 is 5.97 Å². The number of ether oxygens (including phenoxy) is 2. The first-order valence-corrected chi connectivity index (χ1v) is 25.4. The molecule has 4 saturated heterocycles. The van der Waals surface area contributed by atoms with Crippen LogP contribution in [-0.2, 0) is 41.7 Å². The molecule has 21 heteroatoms. The fourth-order valence-corrected chi connectivity index (χ4v) is 10.0. The highest BCUT2D eigenvalue weighted by atomic mass is 35.5. The van der Waals surface area contributed by atoms with E-state index in [1.807, 2.05) is 17.0 Å². The van der Waals surface area contributed by atoms with Crippen molar-refractivity contribution in [2.45, 2.75) is 51.1 Å². The summed E-state index contributed by atoms with van der Waals surface area (Å²) in [4.78, 5) is 70.3. The molecular weight excluding hydrogens is 1030 g/mol. The Morgan fingerprint density at radius 1 is 0.649 bits per heavy atom. The van der Waals surface area contributed by atoms with E-state index in [2.05, 4.69) is 45.7 Å². The van der Waals surface area contributed by atoms with Crippen molar-refractivity contribution in [3.05, 3.63) is 166 Å². The van der Waals surface area contributed by atoms with E-state index in [0.29, 0.717) is 100.0 Å². The van der Waals surface area contributed by atoms with Crippen LogP contribution in [0.3, 0.4) is 0 Å². The minimum absolute atomic E-state index is 0.102. The zero-order chi connectivity index (χ0) is 54.4. The molecule has 77 heavy (non-hydrogen) atoms. The van der Waals surface area contributed by atoms with Gasteiger partial charge < -0.3 is 35.4 Å². The number of piperazine rings is 2. The SMILES string of the molecule is CC(=O)Nc1cc(Cl)c(-c2cnccn2)cc1/C=C/C(=O)N1C2COCC1CN(Cc1ccc(F)cc1)C2.CC(=O)Nc1cc(Cl)c(-c2cnccn2)cc1/C=C/C(=O)O.Fc1ccc(CN2CC3COCC(C2)N3)cc1. The molecule has 3 amide bonds. The number of hydrogen-bond acceptors (Lipinski definition) is 13. The normalized spacial score (nSPS) is 19.1. The number of carboxylic acids is 1. The van der Waals surface area contributed by atoms with Gasteiger partial charge in [0.15, 0.2) is 0 Å². The van der Waals surface area contributed by atoms with Crippen LogP contribution < -0.4 is 16.0 Å². The summed E-state index contributed by atoms with van der Waals surface area (Å²) >= 11 is 12.7. The number of carboxylic acid groups (broad SMARTS) is 1. The summed E-state index contributed by atoms with van der Waals surface area (Å²) in [6.45, 7) is 10.2. The smallest absolute Gasteiger partial charge is 0.328 e. The number of morpholine rings is 2. The summed E-state index contributed by atoms with van der Waals surface area (Å²) in [7, 11) is 0. The molecule has 4 aliphatic rings. The molecule has 10 rings (SSSR count). The topological polar surface area (TPSA) is 204 Å². The number of hydrogen-bond donors (Lipinski definition) is 4. The molecule has 4 atom stereocenters. The van der Waals surface area contributed by atoms with E-state index >= 15 is 0 Å². The van der Waals surface area contributed by atoms with Crippen molar-refractivity contribution in [3.63, 3.8) is 0 Å². The van der Waals surface area contributed by atoms with Gasteiger partial charge in [-0.1, -0.05) is 47.5 Å². The number of nitrogens with one attached hydrogen (secondary N) is 3. The van der Waals surface area contributed by atoms with Gasteiger partial charge in [0.2, 0.25) is 17.7 Å². The molecule has 4 bridgehead atoms. The highest BCUT2D eigenvalue weighted by Gasteiger charge is 2.40. The van der Waals surface area contributed by atoms with Gasteiger partial charge >= 0.3 is 5.97 Å². The molecule has 4 unspecified atom stereocenters. The molecule has 400 valence electrons. The van der Waals surface area contributed by atoms with Gasteiger partial charge in [-0.05, 0) is 82.9 Å². The van der Waals surface area contributed by atoms with Gasteiger partial charge in [0.1, 0.15) is 11.6 Å². The van der Waals surface area contributed by atoms with Gasteiger partial charge in [0.25, 0.3) is 0 Å². The molecule has 0 saturated carbocycles. The minimum Gasteiger partial charge on any atom is -0.478 e. The summed E-state index contributed by atoms with van der Waals surface area (Å²) in [6.07, 6.45) is 14.9. The monoisotopic (exact) mass is 1090 g/mol. The van der Waals surface area contributed by atoms with E-state index in [1.54, 1.807) is 67.3 Å². The molecule has 0 aliphatic carbocycles. The van der Waals surface area contributed by atoms with Crippen LogP contribution >= 0.6 is 23.2 Å². The lowest BCUT2D eigenvalue weighted by molar-refractivity contribution is -0.150. The minimum atomic E-state index is -1.09. The molecule has 0 radical (unpaired) electrons. The Hall–Kier alpha value is -7.36. The Bertz CT molecular complexity index is 3060. The fraction of sp³-hybridized carbons (Fsp3) is 0.286. The van der Waals surface area contributed by atoms with Gasteiger partial charge in [0, 0.05) is 125 Å². The Balaban J connectivity index is 0.000000169. The van der Waals surface area contributed by atoms with E-state index in [1.165, 1.54) is 68.2 Å². The second-order valence-corrected chi connectivity index (χ2v) is 19.5. The van der Waals surface area contributed by atoms with E-state index in [4.69, 9.17) is 37.8 Å². The maximum atomic E-state index is 13.4. The number of carbonyl (C=O) groups excluding carboxylic acids is 3. The van der Waals surface area contributed by atoms with Crippen LogP contribution in [0.5, 0.6) is 0 Å². The van der Waals surface area contributed by atoms with Crippen molar-refractivity contribution >= 4 is 70.4 Å². The number of carbonyl (C=O) groups is 4. The quantitative estimate of drug-likeness (QED) is 0.0862. The molecule has 6 heterocycles. The number of halogens is 4. The maximum Gasteiger partial charge on any atom is 0.328 e. The second-order valence-electron chi connectivity index (χ2n) is 18.7. The predicted octanol–water partition coefficient (Wildman–Crippen LogP) is 7.87. The van der Waals surface area contributed by atoms with Gasteiger partial charge in [-0.3, -0.25) is 44.1 Å². The number of nitrogens with zero attached hydrogens (tertiary/aromatic N) is 7. The number of aromatic nitrogens is 4. The van der Waals surface area contributed by atoms with Gasteiger partial charge in [-0.2, -0.15) is 0 Å². The van der Waals surface area contributed by atoms with Crippen molar-refractivity contribution in [2.24, 2.45) is 0 Å². The zero-order valence-electron chi connectivity index (χ0n) is 42.1. The summed E-state index contributed by atoms with van der Waals surface area (Å²) in [5.74, 6) is -2.18. The summed E-state index contributed by atoms with van der Waals surface area (Å²) < 4.78 is 37.4.